The lowest BCUT2D eigenvalue weighted by Crippen LogP contribution is -2.17. The third-order valence-electron chi connectivity index (χ3n) is 4.81. The van der Waals surface area contributed by atoms with Gasteiger partial charge >= 0.3 is 5.97 Å². The summed E-state index contributed by atoms with van der Waals surface area (Å²) in [7, 11) is 1.61. The van der Waals surface area contributed by atoms with E-state index < -0.39 is 5.97 Å². The van der Waals surface area contributed by atoms with Crippen LogP contribution in [0.3, 0.4) is 0 Å². The molecule has 0 aliphatic heterocycles. The van der Waals surface area contributed by atoms with Gasteiger partial charge in [0.1, 0.15) is 10.8 Å². The Hall–Kier alpha value is -3.11. The Morgan fingerprint density at radius 1 is 1.30 bits per heavy atom. The van der Waals surface area contributed by atoms with E-state index in [0.29, 0.717) is 33.8 Å². The monoisotopic (exact) mass is 486 g/mol. The molecule has 33 heavy (non-hydrogen) atoms. The van der Waals surface area contributed by atoms with Gasteiger partial charge in [0.05, 0.1) is 25.0 Å². The van der Waals surface area contributed by atoms with Crippen molar-refractivity contribution in [2.45, 2.75) is 32.5 Å². The first-order valence-corrected chi connectivity index (χ1v) is 12.1. The van der Waals surface area contributed by atoms with Gasteiger partial charge in [-0.3, -0.25) is 9.36 Å². The van der Waals surface area contributed by atoms with Crippen molar-refractivity contribution < 1.29 is 19.1 Å². The molecule has 3 aromatic rings. The fraction of sp³-hybridized carbons (Fsp3) is 0.304. The molecule has 1 amide bonds. The number of aryl methyl sites for hydroxylation is 1. The van der Waals surface area contributed by atoms with Gasteiger partial charge in [-0.2, -0.15) is 0 Å². The van der Waals surface area contributed by atoms with E-state index in [0.717, 1.165) is 16.0 Å². The molecule has 0 saturated heterocycles. The zero-order chi connectivity index (χ0) is 24.0. The van der Waals surface area contributed by atoms with E-state index in [4.69, 9.17) is 9.47 Å². The van der Waals surface area contributed by atoms with Gasteiger partial charge in [0.25, 0.3) is 0 Å². The van der Waals surface area contributed by atoms with Crippen LogP contribution < -0.4 is 10.1 Å². The highest BCUT2D eigenvalue weighted by Crippen LogP contribution is 2.33. The van der Waals surface area contributed by atoms with E-state index in [9.17, 15) is 9.59 Å². The van der Waals surface area contributed by atoms with Gasteiger partial charge in [0.15, 0.2) is 11.0 Å². The summed E-state index contributed by atoms with van der Waals surface area (Å²) in [4.78, 5) is 26.0. The molecule has 1 N–H and O–H groups in total. The summed E-state index contributed by atoms with van der Waals surface area (Å²) in [5, 5.41) is 12.5. The average molecular weight is 487 g/mol. The number of carbonyl (C=O) groups is 2. The summed E-state index contributed by atoms with van der Waals surface area (Å²) < 4.78 is 12.3. The molecule has 174 valence electrons. The molecule has 10 heteroatoms. The molecule has 0 saturated carbocycles. The standard InChI is InChI=1S/C23H26N4O4S2/c1-6-11-27-20(16-9-8-10-17(12-16)30-5)25-26-23(27)32-13-18(28)24-21-19(22(29)31-7-2)14(3)15(4)33-21/h6,8-10,12H,1,7,11,13H2,2-5H3,(H,24,28). The minimum Gasteiger partial charge on any atom is -0.497 e. The third-order valence-corrected chi connectivity index (χ3v) is 6.90. The predicted octanol–water partition coefficient (Wildman–Crippen LogP) is 4.73. The Balaban J connectivity index is 1.76. The van der Waals surface area contributed by atoms with Gasteiger partial charge in [-0.25, -0.2) is 4.79 Å². The number of carbonyl (C=O) groups excluding carboxylic acids is 2. The van der Waals surface area contributed by atoms with Crippen molar-refractivity contribution in [3.8, 4) is 17.1 Å². The average Bonchev–Trinajstić information content (AvgIpc) is 3.32. The molecule has 0 aliphatic rings. The fourth-order valence-corrected chi connectivity index (χ4v) is 4.93. The Morgan fingerprint density at radius 3 is 2.79 bits per heavy atom. The van der Waals surface area contributed by atoms with Gasteiger partial charge in [-0.05, 0) is 38.5 Å². The molecule has 0 aliphatic carbocycles. The predicted molar refractivity (Wildman–Crippen MR) is 131 cm³/mol. The van der Waals surface area contributed by atoms with Crippen molar-refractivity contribution in [2.24, 2.45) is 0 Å². The lowest BCUT2D eigenvalue weighted by Gasteiger charge is -2.09. The Bertz CT molecular complexity index is 1170. The number of benzene rings is 1. The lowest BCUT2D eigenvalue weighted by atomic mass is 10.1. The van der Waals surface area contributed by atoms with Gasteiger partial charge < -0.3 is 14.8 Å². The number of allylic oxidation sites excluding steroid dienone is 1. The molecule has 0 atom stereocenters. The van der Waals surface area contributed by atoms with Gasteiger partial charge in [0.2, 0.25) is 5.91 Å². The number of aromatic nitrogens is 3. The SMILES string of the molecule is C=CCn1c(SCC(=O)Nc2sc(C)c(C)c2C(=O)OCC)nnc1-c1cccc(OC)c1. The highest BCUT2D eigenvalue weighted by atomic mass is 32.2. The summed E-state index contributed by atoms with van der Waals surface area (Å²) in [6.07, 6.45) is 1.75. The molecule has 8 nitrogen and oxygen atoms in total. The molecule has 1 aromatic carbocycles. The first-order valence-electron chi connectivity index (χ1n) is 10.3. The van der Waals surface area contributed by atoms with E-state index in [-0.39, 0.29) is 18.3 Å². The largest absolute Gasteiger partial charge is 0.497 e. The van der Waals surface area contributed by atoms with Crippen molar-refractivity contribution in [1.29, 1.82) is 0 Å². The van der Waals surface area contributed by atoms with Gasteiger partial charge in [0, 0.05) is 17.0 Å². The Kier molecular flexibility index (Phi) is 8.29. The van der Waals surface area contributed by atoms with E-state index in [1.165, 1.54) is 23.1 Å². The number of hydrogen-bond acceptors (Lipinski definition) is 8. The van der Waals surface area contributed by atoms with Crippen LogP contribution in [0.25, 0.3) is 11.4 Å². The highest BCUT2D eigenvalue weighted by Gasteiger charge is 2.22. The number of methoxy groups -OCH3 is 1. The molecular formula is C23H26N4O4S2. The van der Waals surface area contributed by atoms with Crippen LogP contribution in [-0.2, 0) is 16.1 Å². The summed E-state index contributed by atoms with van der Waals surface area (Å²) >= 11 is 2.62. The first-order chi connectivity index (χ1) is 15.9. The van der Waals surface area contributed by atoms with Crippen molar-refractivity contribution in [3.05, 3.63) is 52.9 Å². The van der Waals surface area contributed by atoms with Crippen LogP contribution in [0.4, 0.5) is 5.00 Å². The van der Waals surface area contributed by atoms with Crippen LogP contribution in [-0.4, -0.2) is 46.1 Å². The summed E-state index contributed by atoms with van der Waals surface area (Å²) in [6, 6.07) is 7.54. The molecule has 0 fully saturated rings. The Labute approximate surface area is 201 Å². The Morgan fingerprint density at radius 2 is 2.09 bits per heavy atom. The number of ether oxygens (including phenoxy) is 2. The van der Waals surface area contributed by atoms with Crippen LogP contribution in [0.15, 0.2) is 42.1 Å². The maximum atomic E-state index is 12.7. The molecular weight excluding hydrogens is 460 g/mol. The zero-order valence-electron chi connectivity index (χ0n) is 19.0. The molecule has 0 unspecified atom stereocenters. The van der Waals surface area contributed by atoms with E-state index in [1.54, 1.807) is 20.1 Å². The normalized spacial score (nSPS) is 10.7. The molecule has 0 spiro atoms. The van der Waals surface area contributed by atoms with Crippen molar-refractivity contribution >= 4 is 40.0 Å². The van der Waals surface area contributed by atoms with Crippen molar-refractivity contribution in [1.82, 2.24) is 14.8 Å². The number of rotatable bonds is 10. The minimum absolute atomic E-state index is 0.103. The van der Waals surface area contributed by atoms with Crippen LogP contribution in [0.2, 0.25) is 0 Å². The van der Waals surface area contributed by atoms with Gasteiger partial charge in [-0.15, -0.1) is 28.1 Å². The number of amides is 1. The van der Waals surface area contributed by atoms with E-state index >= 15 is 0 Å². The van der Waals surface area contributed by atoms with Crippen LogP contribution >= 0.6 is 23.1 Å². The van der Waals surface area contributed by atoms with Crippen molar-refractivity contribution in [2.75, 3.05) is 24.8 Å². The topological polar surface area (TPSA) is 95.3 Å². The molecule has 0 radical (unpaired) electrons. The van der Waals surface area contributed by atoms with Crippen molar-refractivity contribution in [3.63, 3.8) is 0 Å². The number of esters is 1. The summed E-state index contributed by atoms with van der Waals surface area (Å²) in [6.45, 7) is 10.1. The molecule has 0 bridgehead atoms. The first kappa shape index (κ1) is 24.5. The summed E-state index contributed by atoms with van der Waals surface area (Å²) in [5.41, 5.74) is 2.08. The minimum atomic E-state index is -0.434. The van der Waals surface area contributed by atoms with E-state index in [1.807, 2.05) is 42.7 Å². The van der Waals surface area contributed by atoms with Crippen LogP contribution in [0.5, 0.6) is 5.75 Å². The maximum absolute atomic E-state index is 12.7. The number of nitrogens with one attached hydrogen (secondary N) is 1. The third kappa shape index (κ3) is 5.63. The zero-order valence-corrected chi connectivity index (χ0v) is 20.6. The van der Waals surface area contributed by atoms with Crippen LogP contribution in [0, 0.1) is 13.8 Å². The quantitative estimate of drug-likeness (QED) is 0.252. The molecule has 3 rings (SSSR count). The number of thiophene rings is 1. The molecule has 2 aromatic heterocycles. The number of nitrogens with zero attached hydrogens (tertiary/aromatic N) is 3. The number of thioether (sulfide) groups is 1. The van der Waals surface area contributed by atoms with Crippen LogP contribution in [0.1, 0.15) is 27.7 Å². The second-order valence-corrected chi connectivity index (χ2v) is 9.15. The fourth-order valence-electron chi connectivity index (χ4n) is 3.12. The molecule has 2 heterocycles. The summed E-state index contributed by atoms with van der Waals surface area (Å²) in [5.74, 6) is 0.795. The maximum Gasteiger partial charge on any atom is 0.341 e. The second kappa shape index (κ2) is 11.2. The highest BCUT2D eigenvalue weighted by molar-refractivity contribution is 7.99. The van der Waals surface area contributed by atoms with E-state index in [2.05, 4.69) is 22.1 Å². The number of anilines is 1. The van der Waals surface area contributed by atoms with Gasteiger partial charge in [-0.1, -0.05) is 30.0 Å². The smallest absolute Gasteiger partial charge is 0.341 e. The lowest BCUT2D eigenvalue weighted by molar-refractivity contribution is -0.113. The number of hydrogen-bond donors (Lipinski definition) is 1. The second-order valence-electron chi connectivity index (χ2n) is 6.98.